The van der Waals surface area contributed by atoms with Gasteiger partial charge in [0.15, 0.2) is 18.1 Å². The molecule has 0 saturated carbocycles. The highest BCUT2D eigenvalue weighted by atomic mass is 35.5. The summed E-state index contributed by atoms with van der Waals surface area (Å²) in [4.78, 5) is 14.6. The average molecular weight is 527 g/mol. The Morgan fingerprint density at radius 2 is 1.66 bits per heavy atom. The Balaban J connectivity index is 0.00000306. The first-order valence-corrected chi connectivity index (χ1v) is 12.0. The first-order chi connectivity index (χ1) is 15.8. The van der Waals surface area contributed by atoms with Crippen LogP contribution in [-0.4, -0.2) is 48.7 Å². The maximum absolute atomic E-state index is 12.1. The molecule has 1 aliphatic heterocycles. The number of likely N-dealkylation sites (tertiary alicyclic amines) is 1. The number of carbonyl (C=O) groups is 1. The summed E-state index contributed by atoms with van der Waals surface area (Å²) in [5, 5.41) is 6.61. The number of nitrogens with one attached hydrogen (secondary N) is 2. The average Bonchev–Trinajstić information content (AvgIpc) is 2.78. The zero-order chi connectivity index (χ0) is 23.7. The largest absolute Gasteiger partial charge is 0.490 e. The van der Waals surface area contributed by atoms with E-state index in [0.717, 1.165) is 44.6 Å². The number of hydrogen-bond donors (Lipinski definition) is 2. The number of benzene rings is 2. The molecule has 2 N–H and O–H groups in total. The van der Waals surface area contributed by atoms with Crippen LogP contribution in [0, 0.1) is 0 Å². The van der Waals surface area contributed by atoms with Gasteiger partial charge < -0.3 is 20.1 Å². The van der Waals surface area contributed by atoms with Crippen molar-refractivity contribution >= 4 is 30.7 Å². The van der Waals surface area contributed by atoms with Crippen molar-refractivity contribution in [2.24, 2.45) is 0 Å². The molecule has 1 aliphatic rings. The molecule has 6 nitrogen and oxygen atoms in total. The van der Waals surface area contributed by atoms with Crippen molar-refractivity contribution in [3.8, 4) is 11.5 Å². The molecule has 0 radical (unpaired) electrons. The van der Waals surface area contributed by atoms with Crippen LogP contribution in [-0.2, 0) is 17.9 Å². The number of ether oxygens (including phenoxy) is 2. The van der Waals surface area contributed by atoms with Crippen molar-refractivity contribution in [2.45, 2.75) is 65.2 Å². The van der Waals surface area contributed by atoms with E-state index >= 15 is 0 Å². The molecule has 0 aliphatic carbocycles. The standard InChI is InChI=1S/C27H39N3O3.2ClH/c1-5-32-25-17-22(11-12-24(25)33-20-26(31)29-27(2,3)4)18-28-23-13-15-30(16-14-23)19-21-9-7-6-8-10-21;;/h6-12,17,23,28H,5,13-16,18-20H2,1-4H3,(H,29,31);2*1H. The molecule has 8 heteroatoms. The Labute approximate surface area is 223 Å². The molecule has 1 amide bonds. The molecule has 0 bridgehead atoms. The minimum absolute atomic E-state index is 0. The lowest BCUT2D eigenvalue weighted by Gasteiger charge is -2.32. The molecule has 0 spiro atoms. The van der Waals surface area contributed by atoms with Gasteiger partial charge >= 0.3 is 0 Å². The fourth-order valence-electron chi connectivity index (χ4n) is 4.05. The Hall–Kier alpha value is -1.99. The van der Waals surface area contributed by atoms with E-state index in [9.17, 15) is 4.79 Å². The molecule has 0 unspecified atom stereocenters. The smallest absolute Gasteiger partial charge is 0.258 e. The van der Waals surface area contributed by atoms with Crippen LogP contribution in [0.3, 0.4) is 0 Å². The van der Waals surface area contributed by atoms with Crippen LogP contribution in [0.1, 0.15) is 51.7 Å². The monoisotopic (exact) mass is 525 g/mol. The van der Waals surface area contributed by atoms with E-state index in [2.05, 4.69) is 45.9 Å². The van der Waals surface area contributed by atoms with Crippen molar-refractivity contribution in [1.82, 2.24) is 15.5 Å². The molecule has 3 rings (SSSR count). The molecular weight excluding hydrogens is 485 g/mol. The van der Waals surface area contributed by atoms with Gasteiger partial charge in [0.1, 0.15) is 0 Å². The fourth-order valence-corrected chi connectivity index (χ4v) is 4.05. The predicted octanol–water partition coefficient (Wildman–Crippen LogP) is 4.98. The van der Waals surface area contributed by atoms with Gasteiger partial charge in [-0.3, -0.25) is 9.69 Å². The van der Waals surface area contributed by atoms with Gasteiger partial charge in [0.25, 0.3) is 5.91 Å². The lowest BCUT2D eigenvalue weighted by molar-refractivity contribution is -0.124. The fraction of sp³-hybridized carbons (Fsp3) is 0.519. The van der Waals surface area contributed by atoms with E-state index in [0.29, 0.717) is 24.1 Å². The van der Waals surface area contributed by atoms with Gasteiger partial charge in [-0.05, 0) is 76.9 Å². The summed E-state index contributed by atoms with van der Waals surface area (Å²) in [6.07, 6.45) is 2.30. The zero-order valence-electron chi connectivity index (χ0n) is 21.3. The second-order valence-corrected chi connectivity index (χ2v) is 9.72. The van der Waals surface area contributed by atoms with Crippen LogP contribution in [0.25, 0.3) is 0 Å². The minimum atomic E-state index is -0.281. The number of amides is 1. The van der Waals surface area contributed by atoms with Crippen molar-refractivity contribution in [1.29, 1.82) is 0 Å². The third-order valence-corrected chi connectivity index (χ3v) is 5.61. The van der Waals surface area contributed by atoms with Crippen LogP contribution >= 0.6 is 24.8 Å². The van der Waals surface area contributed by atoms with Gasteiger partial charge in [0.05, 0.1) is 6.61 Å². The SMILES string of the molecule is CCOc1cc(CNC2CCN(Cc3ccccc3)CC2)ccc1OCC(=O)NC(C)(C)C.Cl.Cl. The summed E-state index contributed by atoms with van der Waals surface area (Å²) < 4.78 is 11.5. The third kappa shape index (κ3) is 11.1. The highest BCUT2D eigenvalue weighted by Gasteiger charge is 2.19. The number of piperidine rings is 1. The van der Waals surface area contributed by atoms with E-state index < -0.39 is 0 Å². The predicted molar refractivity (Wildman–Crippen MR) is 147 cm³/mol. The van der Waals surface area contributed by atoms with Gasteiger partial charge in [-0.2, -0.15) is 0 Å². The Morgan fingerprint density at radius 3 is 2.29 bits per heavy atom. The number of hydrogen-bond acceptors (Lipinski definition) is 5. The Morgan fingerprint density at radius 1 is 0.971 bits per heavy atom. The maximum atomic E-state index is 12.1. The van der Waals surface area contributed by atoms with Crippen LogP contribution < -0.4 is 20.1 Å². The first-order valence-electron chi connectivity index (χ1n) is 12.0. The molecule has 2 aromatic rings. The lowest BCUT2D eigenvalue weighted by Crippen LogP contribution is -2.43. The van der Waals surface area contributed by atoms with Crippen molar-refractivity contribution in [2.75, 3.05) is 26.3 Å². The summed E-state index contributed by atoms with van der Waals surface area (Å²) in [5.41, 5.74) is 2.25. The second kappa shape index (κ2) is 15.2. The Kier molecular flexibility index (Phi) is 13.5. The number of carbonyl (C=O) groups excluding carboxylic acids is 1. The van der Waals surface area contributed by atoms with Gasteiger partial charge in [-0.15, -0.1) is 24.8 Å². The van der Waals surface area contributed by atoms with Crippen LogP contribution in [0.15, 0.2) is 48.5 Å². The van der Waals surface area contributed by atoms with Crippen LogP contribution in [0.2, 0.25) is 0 Å². The van der Waals surface area contributed by atoms with E-state index in [4.69, 9.17) is 9.47 Å². The Bertz CT molecular complexity index is 883. The molecule has 0 atom stereocenters. The summed E-state index contributed by atoms with van der Waals surface area (Å²) in [5.74, 6) is 1.13. The van der Waals surface area contributed by atoms with E-state index in [1.54, 1.807) is 0 Å². The van der Waals surface area contributed by atoms with Gasteiger partial charge in [-0.25, -0.2) is 0 Å². The minimum Gasteiger partial charge on any atom is -0.490 e. The highest BCUT2D eigenvalue weighted by Crippen LogP contribution is 2.29. The van der Waals surface area contributed by atoms with Crippen molar-refractivity contribution in [3.63, 3.8) is 0 Å². The van der Waals surface area contributed by atoms with Gasteiger partial charge in [0, 0.05) is 24.7 Å². The number of nitrogens with zero attached hydrogens (tertiary/aromatic N) is 1. The molecule has 1 heterocycles. The molecule has 1 fully saturated rings. The normalized spacial score (nSPS) is 14.4. The molecule has 196 valence electrons. The first kappa shape index (κ1) is 31.0. The summed E-state index contributed by atoms with van der Waals surface area (Å²) in [7, 11) is 0. The van der Waals surface area contributed by atoms with Crippen LogP contribution in [0.4, 0.5) is 0 Å². The van der Waals surface area contributed by atoms with E-state index in [1.165, 1.54) is 5.56 Å². The lowest BCUT2D eigenvalue weighted by atomic mass is 10.0. The van der Waals surface area contributed by atoms with E-state index in [-0.39, 0.29) is 42.9 Å². The molecule has 1 saturated heterocycles. The van der Waals surface area contributed by atoms with Crippen molar-refractivity contribution < 1.29 is 14.3 Å². The number of halogens is 2. The third-order valence-electron chi connectivity index (χ3n) is 5.61. The van der Waals surface area contributed by atoms with Gasteiger partial charge in [-0.1, -0.05) is 36.4 Å². The van der Waals surface area contributed by atoms with Crippen molar-refractivity contribution in [3.05, 3.63) is 59.7 Å². The zero-order valence-corrected chi connectivity index (χ0v) is 23.0. The molecule has 0 aromatic heterocycles. The second-order valence-electron chi connectivity index (χ2n) is 9.72. The quantitative estimate of drug-likeness (QED) is 0.458. The van der Waals surface area contributed by atoms with E-state index in [1.807, 2.05) is 45.9 Å². The summed E-state index contributed by atoms with van der Waals surface area (Å²) >= 11 is 0. The molecule has 2 aromatic carbocycles. The molecular formula is C27H41Cl2N3O3. The summed E-state index contributed by atoms with van der Waals surface area (Å²) in [6.45, 7) is 12.3. The molecule has 35 heavy (non-hydrogen) atoms. The highest BCUT2D eigenvalue weighted by molar-refractivity contribution is 5.85. The van der Waals surface area contributed by atoms with Gasteiger partial charge in [0.2, 0.25) is 0 Å². The number of rotatable bonds is 10. The van der Waals surface area contributed by atoms with Crippen LogP contribution in [0.5, 0.6) is 11.5 Å². The topological polar surface area (TPSA) is 62.8 Å². The maximum Gasteiger partial charge on any atom is 0.258 e. The summed E-state index contributed by atoms with van der Waals surface area (Å²) in [6, 6.07) is 17.1.